The molecule has 1 atom stereocenters. The van der Waals surface area contributed by atoms with Gasteiger partial charge in [-0.1, -0.05) is 23.7 Å². The van der Waals surface area contributed by atoms with Gasteiger partial charge in [0.2, 0.25) is 0 Å². The van der Waals surface area contributed by atoms with Gasteiger partial charge in [-0.05, 0) is 48.4 Å². The molecular weight excluding hydrogens is 402 g/mol. The number of amides is 3. The quantitative estimate of drug-likeness (QED) is 0.690. The Morgan fingerprint density at radius 1 is 1.04 bits per heavy atom. The lowest BCUT2D eigenvalue weighted by atomic mass is 10.1. The summed E-state index contributed by atoms with van der Waals surface area (Å²) in [4.78, 5) is 24.2. The first kappa shape index (κ1) is 20.2. The fraction of sp³-hybridized carbons (Fsp3) is 0.263. The second kappa shape index (κ2) is 8.62. The van der Waals surface area contributed by atoms with Crippen molar-refractivity contribution in [2.24, 2.45) is 0 Å². The predicted octanol–water partition coefficient (Wildman–Crippen LogP) is 2.58. The number of sulfone groups is 1. The Bertz CT molecular complexity index is 960. The van der Waals surface area contributed by atoms with E-state index in [9.17, 15) is 18.0 Å². The number of benzene rings is 2. The second-order valence-electron chi connectivity index (χ2n) is 6.58. The molecular formula is C19H20ClN3O4S. The Hall–Kier alpha value is -2.58. The van der Waals surface area contributed by atoms with E-state index in [1.165, 1.54) is 0 Å². The molecule has 0 spiro atoms. The summed E-state index contributed by atoms with van der Waals surface area (Å²) in [6.07, 6.45) is 0.419. The Balaban J connectivity index is 1.49. The van der Waals surface area contributed by atoms with Gasteiger partial charge in [-0.25, -0.2) is 13.2 Å². The van der Waals surface area contributed by atoms with E-state index in [-0.39, 0.29) is 23.5 Å². The summed E-state index contributed by atoms with van der Waals surface area (Å²) in [5, 5.41) is 8.73. The van der Waals surface area contributed by atoms with E-state index < -0.39 is 15.9 Å². The maximum atomic E-state index is 12.2. The minimum Gasteiger partial charge on any atom is -0.348 e. The van der Waals surface area contributed by atoms with Crippen molar-refractivity contribution in [1.29, 1.82) is 0 Å². The Labute approximate surface area is 168 Å². The molecule has 1 saturated heterocycles. The molecule has 1 aliphatic rings. The first-order valence-corrected chi connectivity index (χ1v) is 10.9. The molecule has 2 aromatic carbocycles. The fourth-order valence-corrected chi connectivity index (χ4v) is 4.65. The molecule has 3 rings (SSSR count). The zero-order valence-electron chi connectivity index (χ0n) is 14.9. The van der Waals surface area contributed by atoms with Crippen molar-refractivity contribution in [2.45, 2.75) is 19.0 Å². The van der Waals surface area contributed by atoms with E-state index in [0.29, 0.717) is 29.2 Å². The third kappa shape index (κ3) is 5.71. The summed E-state index contributed by atoms with van der Waals surface area (Å²) >= 11 is 5.83. The van der Waals surface area contributed by atoms with E-state index in [1.54, 1.807) is 36.4 Å². The lowest BCUT2D eigenvalue weighted by Crippen LogP contribution is -2.38. The van der Waals surface area contributed by atoms with Gasteiger partial charge in [0.1, 0.15) is 0 Å². The molecule has 1 heterocycles. The van der Waals surface area contributed by atoms with Gasteiger partial charge in [-0.15, -0.1) is 0 Å². The maximum absolute atomic E-state index is 12.2. The average molecular weight is 422 g/mol. The summed E-state index contributed by atoms with van der Waals surface area (Å²) in [6, 6.07) is 12.8. The number of carbonyl (C=O) groups excluding carboxylic acids is 2. The van der Waals surface area contributed by atoms with Gasteiger partial charge in [0.15, 0.2) is 9.84 Å². The molecule has 0 aliphatic carbocycles. The summed E-state index contributed by atoms with van der Waals surface area (Å²) in [7, 11) is -3.05. The minimum atomic E-state index is -3.05. The summed E-state index contributed by atoms with van der Waals surface area (Å²) in [5.74, 6) is -0.174. The number of urea groups is 1. The molecule has 148 valence electrons. The average Bonchev–Trinajstić information content (AvgIpc) is 2.99. The molecule has 1 aliphatic heterocycles. The summed E-state index contributed by atoms with van der Waals surface area (Å²) in [5.41, 5.74) is 1.90. The summed E-state index contributed by atoms with van der Waals surface area (Å²) in [6.45, 7) is 0.378. The van der Waals surface area contributed by atoms with Crippen LogP contribution in [0.15, 0.2) is 48.5 Å². The number of anilines is 1. The normalized spacial score (nSPS) is 17.7. The van der Waals surface area contributed by atoms with Crippen LogP contribution in [0, 0.1) is 0 Å². The molecule has 9 heteroatoms. The molecule has 2 aromatic rings. The molecule has 0 bridgehead atoms. The van der Waals surface area contributed by atoms with Crippen LogP contribution >= 0.6 is 11.6 Å². The Morgan fingerprint density at radius 3 is 2.32 bits per heavy atom. The maximum Gasteiger partial charge on any atom is 0.319 e. The standard InChI is InChI=1S/C19H20ClN3O4S/c20-15-5-1-13(2-6-15)11-21-18(24)14-3-7-16(8-4-14)22-19(25)23-17-9-10-28(26,27)12-17/h1-8,17H,9-12H2,(H,21,24)(H2,22,23,25). The smallest absolute Gasteiger partial charge is 0.319 e. The van der Waals surface area contributed by atoms with Crippen LogP contribution in [0.5, 0.6) is 0 Å². The molecule has 1 unspecified atom stereocenters. The highest BCUT2D eigenvalue weighted by atomic mass is 35.5. The van der Waals surface area contributed by atoms with Crippen LogP contribution in [-0.2, 0) is 16.4 Å². The monoisotopic (exact) mass is 421 g/mol. The van der Waals surface area contributed by atoms with E-state index >= 15 is 0 Å². The van der Waals surface area contributed by atoms with Gasteiger partial charge in [-0.3, -0.25) is 4.79 Å². The van der Waals surface area contributed by atoms with Crippen LogP contribution in [0.1, 0.15) is 22.3 Å². The third-order valence-electron chi connectivity index (χ3n) is 4.34. The summed E-state index contributed by atoms with van der Waals surface area (Å²) < 4.78 is 22.9. The highest BCUT2D eigenvalue weighted by molar-refractivity contribution is 7.91. The van der Waals surface area contributed by atoms with Crippen molar-refractivity contribution in [3.05, 3.63) is 64.7 Å². The molecule has 0 saturated carbocycles. The van der Waals surface area contributed by atoms with Crippen LogP contribution < -0.4 is 16.0 Å². The molecule has 3 amide bonds. The molecule has 0 radical (unpaired) electrons. The first-order chi connectivity index (χ1) is 13.3. The van der Waals surface area contributed by atoms with Gasteiger partial charge in [0.25, 0.3) is 5.91 Å². The Kier molecular flexibility index (Phi) is 6.21. The van der Waals surface area contributed by atoms with Crippen LogP contribution in [0.25, 0.3) is 0 Å². The lowest BCUT2D eigenvalue weighted by Gasteiger charge is -2.12. The zero-order chi connectivity index (χ0) is 20.1. The van der Waals surface area contributed by atoms with E-state index in [0.717, 1.165) is 5.56 Å². The highest BCUT2D eigenvalue weighted by Gasteiger charge is 2.28. The SMILES string of the molecule is O=C(Nc1ccc(C(=O)NCc2ccc(Cl)cc2)cc1)NC1CCS(=O)(=O)C1. The molecule has 1 fully saturated rings. The molecule has 28 heavy (non-hydrogen) atoms. The van der Waals surface area contributed by atoms with Gasteiger partial charge in [0, 0.05) is 28.9 Å². The number of rotatable bonds is 5. The van der Waals surface area contributed by atoms with Gasteiger partial charge < -0.3 is 16.0 Å². The first-order valence-electron chi connectivity index (χ1n) is 8.71. The van der Waals surface area contributed by atoms with Crippen LogP contribution in [-0.4, -0.2) is 37.9 Å². The van der Waals surface area contributed by atoms with E-state index in [1.807, 2.05) is 12.1 Å². The van der Waals surface area contributed by atoms with Crippen molar-refractivity contribution in [3.8, 4) is 0 Å². The molecule has 3 N–H and O–H groups in total. The number of halogens is 1. The van der Waals surface area contributed by atoms with Crippen molar-refractivity contribution in [1.82, 2.24) is 10.6 Å². The number of nitrogens with one attached hydrogen (secondary N) is 3. The van der Waals surface area contributed by atoms with Crippen molar-refractivity contribution < 1.29 is 18.0 Å². The number of hydrogen-bond donors (Lipinski definition) is 3. The minimum absolute atomic E-state index is 0.0346. The zero-order valence-corrected chi connectivity index (χ0v) is 16.5. The fourth-order valence-electron chi connectivity index (χ4n) is 2.85. The lowest BCUT2D eigenvalue weighted by molar-refractivity contribution is 0.0951. The number of carbonyl (C=O) groups is 2. The largest absolute Gasteiger partial charge is 0.348 e. The number of hydrogen-bond acceptors (Lipinski definition) is 4. The molecule has 0 aromatic heterocycles. The van der Waals surface area contributed by atoms with Crippen molar-refractivity contribution in [2.75, 3.05) is 16.8 Å². The van der Waals surface area contributed by atoms with E-state index in [4.69, 9.17) is 11.6 Å². The van der Waals surface area contributed by atoms with Crippen LogP contribution in [0.3, 0.4) is 0 Å². The van der Waals surface area contributed by atoms with Crippen molar-refractivity contribution >= 4 is 39.1 Å². The second-order valence-corrected chi connectivity index (χ2v) is 9.25. The molecule has 7 nitrogen and oxygen atoms in total. The predicted molar refractivity (Wildman–Crippen MR) is 108 cm³/mol. The van der Waals surface area contributed by atoms with E-state index in [2.05, 4.69) is 16.0 Å². The van der Waals surface area contributed by atoms with Crippen LogP contribution in [0.4, 0.5) is 10.5 Å². The third-order valence-corrected chi connectivity index (χ3v) is 6.36. The van der Waals surface area contributed by atoms with Crippen LogP contribution in [0.2, 0.25) is 5.02 Å². The van der Waals surface area contributed by atoms with Crippen molar-refractivity contribution in [3.63, 3.8) is 0 Å². The highest BCUT2D eigenvalue weighted by Crippen LogP contribution is 2.13. The van der Waals surface area contributed by atoms with Gasteiger partial charge in [-0.2, -0.15) is 0 Å². The Morgan fingerprint density at radius 2 is 1.71 bits per heavy atom. The topological polar surface area (TPSA) is 104 Å². The van der Waals surface area contributed by atoms with Gasteiger partial charge >= 0.3 is 6.03 Å². The van der Waals surface area contributed by atoms with Gasteiger partial charge in [0.05, 0.1) is 11.5 Å².